The summed E-state index contributed by atoms with van der Waals surface area (Å²) in [7, 11) is -3.21. The lowest BCUT2D eigenvalue weighted by atomic mass is 10.3. The fourth-order valence-corrected chi connectivity index (χ4v) is 5.82. The van der Waals surface area contributed by atoms with Crippen molar-refractivity contribution in [3.63, 3.8) is 0 Å². The number of sulfonamides is 1. The van der Waals surface area contributed by atoms with Gasteiger partial charge in [-0.25, -0.2) is 8.42 Å². The molecule has 0 aliphatic carbocycles. The minimum Gasteiger partial charge on any atom is -0.377 e. The Labute approximate surface area is 130 Å². The molecule has 0 bridgehead atoms. The van der Waals surface area contributed by atoms with Crippen molar-refractivity contribution in [3.05, 3.63) is 22.4 Å². The third-order valence-corrected chi connectivity index (χ3v) is 7.67. The Hall–Kier alpha value is -0.470. The monoisotopic (exact) mass is 330 g/mol. The first-order chi connectivity index (χ1) is 10.1. The predicted octanol–water partition coefficient (Wildman–Crippen LogP) is 1.37. The third kappa shape index (κ3) is 3.32. The molecule has 1 aromatic rings. The van der Waals surface area contributed by atoms with Gasteiger partial charge in [0, 0.05) is 44.2 Å². The number of piperazine rings is 1. The Morgan fingerprint density at radius 3 is 2.67 bits per heavy atom. The van der Waals surface area contributed by atoms with E-state index in [0.717, 1.165) is 19.6 Å². The van der Waals surface area contributed by atoms with E-state index in [0.29, 0.717) is 26.1 Å². The number of nitrogens with zero attached hydrogens (tertiary/aromatic N) is 2. The van der Waals surface area contributed by atoms with Crippen molar-refractivity contribution in [1.82, 2.24) is 9.21 Å². The van der Waals surface area contributed by atoms with Crippen LogP contribution in [0.5, 0.6) is 0 Å². The van der Waals surface area contributed by atoms with Crippen molar-refractivity contribution in [3.8, 4) is 0 Å². The maximum Gasteiger partial charge on any atom is 0.219 e. The number of rotatable bonds is 4. The van der Waals surface area contributed by atoms with E-state index in [1.54, 1.807) is 15.6 Å². The van der Waals surface area contributed by atoms with Crippen LogP contribution in [0.1, 0.15) is 18.2 Å². The minimum absolute atomic E-state index is 0.181. The van der Waals surface area contributed by atoms with Crippen LogP contribution >= 0.6 is 11.3 Å². The molecule has 0 saturated carbocycles. The zero-order chi connectivity index (χ0) is 14.9. The van der Waals surface area contributed by atoms with Crippen LogP contribution in [0.2, 0.25) is 0 Å². The van der Waals surface area contributed by atoms with Crippen LogP contribution in [-0.4, -0.2) is 61.8 Å². The molecule has 3 heterocycles. The van der Waals surface area contributed by atoms with Crippen LogP contribution in [-0.2, 0) is 21.3 Å². The molecule has 21 heavy (non-hydrogen) atoms. The van der Waals surface area contributed by atoms with Gasteiger partial charge in [-0.2, -0.15) is 4.31 Å². The lowest BCUT2D eigenvalue weighted by molar-refractivity contribution is 0.124. The summed E-state index contributed by atoms with van der Waals surface area (Å²) in [5, 5.41) is 1.72. The maximum absolute atomic E-state index is 12.7. The van der Waals surface area contributed by atoms with Gasteiger partial charge in [0.1, 0.15) is 5.25 Å². The molecule has 0 amide bonds. The van der Waals surface area contributed by atoms with Crippen LogP contribution in [0.15, 0.2) is 17.5 Å². The molecular formula is C14H22N2O3S2. The van der Waals surface area contributed by atoms with Crippen molar-refractivity contribution in [1.29, 1.82) is 0 Å². The molecule has 0 unspecified atom stereocenters. The molecule has 2 fully saturated rings. The highest BCUT2D eigenvalue weighted by molar-refractivity contribution is 7.89. The normalized spacial score (nSPS) is 29.0. The predicted molar refractivity (Wildman–Crippen MR) is 83.9 cm³/mol. The zero-order valence-electron chi connectivity index (χ0n) is 12.3. The lowest BCUT2D eigenvalue weighted by Gasteiger charge is -2.35. The topological polar surface area (TPSA) is 49.9 Å². The highest BCUT2D eigenvalue weighted by atomic mass is 32.2. The van der Waals surface area contributed by atoms with Crippen molar-refractivity contribution in [2.45, 2.75) is 31.2 Å². The van der Waals surface area contributed by atoms with Gasteiger partial charge < -0.3 is 4.74 Å². The molecule has 2 aliphatic rings. The molecule has 3 rings (SSSR count). The Morgan fingerprint density at radius 2 is 2.10 bits per heavy atom. The second-order valence-corrected chi connectivity index (χ2v) is 8.89. The highest BCUT2D eigenvalue weighted by Crippen LogP contribution is 2.25. The molecule has 118 valence electrons. The summed E-state index contributed by atoms with van der Waals surface area (Å²) in [5.41, 5.74) is 0. The molecule has 2 atom stereocenters. The molecule has 0 spiro atoms. The second-order valence-electron chi connectivity index (χ2n) is 5.70. The molecule has 0 N–H and O–H groups in total. The largest absolute Gasteiger partial charge is 0.377 e. The fraction of sp³-hybridized carbons (Fsp3) is 0.714. The van der Waals surface area contributed by atoms with Gasteiger partial charge >= 0.3 is 0 Å². The van der Waals surface area contributed by atoms with Crippen LogP contribution < -0.4 is 0 Å². The van der Waals surface area contributed by atoms with Crippen LogP contribution in [0.3, 0.4) is 0 Å². The van der Waals surface area contributed by atoms with Gasteiger partial charge in [-0.15, -0.1) is 11.3 Å². The van der Waals surface area contributed by atoms with Crippen molar-refractivity contribution < 1.29 is 13.2 Å². The number of thiophene rings is 1. The Morgan fingerprint density at radius 1 is 1.33 bits per heavy atom. The van der Waals surface area contributed by atoms with Gasteiger partial charge in [-0.1, -0.05) is 6.07 Å². The second kappa shape index (κ2) is 6.34. The molecule has 7 heteroatoms. The maximum atomic E-state index is 12.7. The smallest absolute Gasteiger partial charge is 0.219 e. The summed E-state index contributed by atoms with van der Waals surface area (Å²) in [6, 6.07) is 4.19. The van der Waals surface area contributed by atoms with Gasteiger partial charge in [-0.3, -0.25) is 4.90 Å². The number of hydrogen-bond donors (Lipinski definition) is 0. The van der Waals surface area contributed by atoms with E-state index in [1.165, 1.54) is 4.88 Å². The average molecular weight is 330 g/mol. The van der Waals surface area contributed by atoms with Crippen molar-refractivity contribution in [2.75, 3.05) is 32.8 Å². The summed E-state index contributed by atoms with van der Waals surface area (Å²) < 4.78 is 32.4. The first-order valence-electron chi connectivity index (χ1n) is 7.42. The summed E-state index contributed by atoms with van der Waals surface area (Å²) >= 11 is 1.75. The van der Waals surface area contributed by atoms with E-state index in [4.69, 9.17) is 4.74 Å². The van der Waals surface area contributed by atoms with E-state index >= 15 is 0 Å². The molecule has 2 saturated heterocycles. The van der Waals surface area contributed by atoms with E-state index in [1.807, 2.05) is 6.92 Å². The number of hydrogen-bond acceptors (Lipinski definition) is 5. The van der Waals surface area contributed by atoms with Crippen molar-refractivity contribution in [2.24, 2.45) is 0 Å². The first-order valence-corrected chi connectivity index (χ1v) is 9.81. The SMILES string of the molecule is C[C@H]1OCC[C@H]1S(=O)(=O)N1CCN(Cc2cccs2)CC1. The van der Waals surface area contributed by atoms with Gasteiger partial charge in [0.15, 0.2) is 0 Å². The standard InChI is InChI=1S/C14H22N2O3S2/c1-12-14(4-9-19-12)21(17,18)16-7-5-15(6-8-16)11-13-3-2-10-20-13/h2-3,10,12,14H,4-9,11H2,1H3/t12-,14-/m1/s1. The Bertz CT molecular complexity index is 551. The van der Waals surface area contributed by atoms with Gasteiger partial charge in [0.05, 0.1) is 6.10 Å². The van der Waals surface area contributed by atoms with Gasteiger partial charge in [-0.05, 0) is 24.8 Å². The molecule has 0 radical (unpaired) electrons. The summed E-state index contributed by atoms with van der Waals surface area (Å²) in [5.74, 6) is 0. The summed E-state index contributed by atoms with van der Waals surface area (Å²) in [6.07, 6.45) is 0.443. The number of ether oxygens (including phenoxy) is 1. The van der Waals surface area contributed by atoms with Gasteiger partial charge in [0.2, 0.25) is 10.0 Å². The Kier molecular flexibility index (Phi) is 4.66. The zero-order valence-corrected chi connectivity index (χ0v) is 13.9. The van der Waals surface area contributed by atoms with Crippen LogP contribution in [0, 0.1) is 0 Å². The third-order valence-electron chi connectivity index (χ3n) is 4.34. The quantitative estimate of drug-likeness (QED) is 0.837. The average Bonchev–Trinajstić information content (AvgIpc) is 3.11. The molecular weight excluding hydrogens is 308 g/mol. The van der Waals surface area contributed by atoms with Gasteiger partial charge in [0.25, 0.3) is 0 Å². The molecule has 0 aromatic carbocycles. The van der Waals surface area contributed by atoms with E-state index < -0.39 is 10.0 Å². The van der Waals surface area contributed by atoms with E-state index in [2.05, 4.69) is 22.4 Å². The molecule has 5 nitrogen and oxygen atoms in total. The Balaban J connectivity index is 1.57. The minimum atomic E-state index is -3.21. The van der Waals surface area contributed by atoms with Crippen molar-refractivity contribution >= 4 is 21.4 Å². The van der Waals surface area contributed by atoms with E-state index in [-0.39, 0.29) is 11.4 Å². The lowest BCUT2D eigenvalue weighted by Crippen LogP contribution is -2.51. The summed E-state index contributed by atoms with van der Waals surface area (Å²) in [6.45, 7) is 6.15. The summed E-state index contributed by atoms with van der Waals surface area (Å²) in [4.78, 5) is 3.66. The highest BCUT2D eigenvalue weighted by Gasteiger charge is 2.40. The van der Waals surface area contributed by atoms with Crippen LogP contribution in [0.25, 0.3) is 0 Å². The molecule has 1 aromatic heterocycles. The fourth-order valence-electron chi connectivity index (χ4n) is 3.06. The molecule has 2 aliphatic heterocycles. The van der Waals surface area contributed by atoms with Crippen LogP contribution in [0.4, 0.5) is 0 Å². The van der Waals surface area contributed by atoms with E-state index in [9.17, 15) is 8.42 Å². The first kappa shape index (κ1) is 15.4.